The van der Waals surface area contributed by atoms with Crippen LogP contribution in [0.2, 0.25) is 5.02 Å². The van der Waals surface area contributed by atoms with E-state index in [0.717, 1.165) is 11.4 Å². The van der Waals surface area contributed by atoms with Gasteiger partial charge in [-0.25, -0.2) is 0 Å². The van der Waals surface area contributed by atoms with Gasteiger partial charge >= 0.3 is 0 Å². The number of benzene rings is 1. The van der Waals surface area contributed by atoms with Gasteiger partial charge in [-0.3, -0.25) is 0 Å². The Morgan fingerprint density at radius 3 is 2.53 bits per heavy atom. The molecule has 84 valence electrons. The van der Waals surface area contributed by atoms with Crippen LogP contribution in [0.25, 0.3) is 0 Å². The molecule has 1 aromatic carbocycles. The predicted octanol–water partition coefficient (Wildman–Crippen LogP) is 2.53. The molecule has 0 heterocycles. The number of hydrogen-bond donors (Lipinski definition) is 1. The molecule has 0 saturated heterocycles. The average molecular weight is 229 g/mol. The maximum Gasteiger partial charge on any atom is 0.0519 e. The fourth-order valence-corrected chi connectivity index (χ4v) is 1.54. The zero-order chi connectivity index (χ0) is 11.1. The van der Waals surface area contributed by atoms with Gasteiger partial charge in [-0.2, -0.15) is 0 Å². The Hall–Kier alpha value is -0.570. The summed E-state index contributed by atoms with van der Waals surface area (Å²) >= 11 is 5.79. The summed E-state index contributed by atoms with van der Waals surface area (Å²) in [5, 5.41) is 9.90. The lowest BCUT2D eigenvalue weighted by Gasteiger charge is -2.13. The third-order valence-electron chi connectivity index (χ3n) is 2.25. The highest BCUT2D eigenvalue weighted by molar-refractivity contribution is 6.30. The van der Waals surface area contributed by atoms with Crippen LogP contribution in [-0.4, -0.2) is 24.9 Å². The first-order valence-corrected chi connectivity index (χ1v) is 5.57. The van der Waals surface area contributed by atoms with E-state index in [-0.39, 0.29) is 12.5 Å². The Bertz CT molecular complexity index is 271. The quantitative estimate of drug-likeness (QED) is 0.811. The molecular weight excluding hydrogens is 212 g/mol. The van der Waals surface area contributed by atoms with Gasteiger partial charge in [-0.1, -0.05) is 23.7 Å². The molecule has 0 aliphatic rings. The van der Waals surface area contributed by atoms with E-state index in [1.165, 1.54) is 5.56 Å². The molecule has 1 atom stereocenters. The summed E-state index contributed by atoms with van der Waals surface area (Å²) < 4.78 is 5.30. The molecule has 0 radical (unpaired) electrons. The van der Waals surface area contributed by atoms with Crippen LogP contribution in [0.5, 0.6) is 0 Å². The molecule has 0 spiro atoms. The molecular formula is C12H17ClO2. The summed E-state index contributed by atoms with van der Waals surface area (Å²) in [4.78, 5) is 0. The molecule has 0 fully saturated rings. The number of ether oxygens (including phenoxy) is 1. The van der Waals surface area contributed by atoms with Crippen LogP contribution < -0.4 is 0 Å². The van der Waals surface area contributed by atoms with E-state index in [1.807, 2.05) is 31.2 Å². The van der Waals surface area contributed by atoms with Crippen LogP contribution in [0, 0.1) is 5.92 Å². The highest BCUT2D eigenvalue weighted by atomic mass is 35.5. The largest absolute Gasteiger partial charge is 0.396 e. The van der Waals surface area contributed by atoms with Crippen molar-refractivity contribution in [1.82, 2.24) is 0 Å². The second-order valence-electron chi connectivity index (χ2n) is 3.54. The van der Waals surface area contributed by atoms with Crippen LogP contribution in [0.1, 0.15) is 12.5 Å². The van der Waals surface area contributed by atoms with Crippen molar-refractivity contribution in [3.8, 4) is 0 Å². The summed E-state index contributed by atoms with van der Waals surface area (Å²) in [5.74, 6) is 0.172. The van der Waals surface area contributed by atoms with E-state index in [4.69, 9.17) is 21.4 Å². The third-order valence-corrected chi connectivity index (χ3v) is 2.51. The lowest BCUT2D eigenvalue weighted by molar-refractivity contribution is 0.0810. The van der Waals surface area contributed by atoms with Crippen molar-refractivity contribution in [1.29, 1.82) is 0 Å². The highest BCUT2D eigenvalue weighted by Gasteiger charge is 2.08. The molecule has 1 N–H and O–H groups in total. The van der Waals surface area contributed by atoms with Crippen LogP contribution in [-0.2, 0) is 11.2 Å². The van der Waals surface area contributed by atoms with Crippen molar-refractivity contribution in [3.05, 3.63) is 34.9 Å². The summed E-state index contributed by atoms with van der Waals surface area (Å²) in [6.07, 6.45) is 0.827. The van der Waals surface area contributed by atoms with Gasteiger partial charge in [0.15, 0.2) is 0 Å². The minimum absolute atomic E-state index is 0.155. The van der Waals surface area contributed by atoms with Gasteiger partial charge in [-0.05, 0) is 31.0 Å². The summed E-state index contributed by atoms with van der Waals surface area (Å²) in [6.45, 7) is 3.41. The maximum absolute atomic E-state index is 9.16. The second-order valence-corrected chi connectivity index (χ2v) is 3.98. The van der Waals surface area contributed by atoms with Crippen molar-refractivity contribution in [2.24, 2.45) is 5.92 Å². The predicted molar refractivity (Wildman–Crippen MR) is 62.2 cm³/mol. The van der Waals surface area contributed by atoms with Gasteiger partial charge < -0.3 is 9.84 Å². The molecule has 0 saturated carbocycles. The molecule has 1 aromatic rings. The van der Waals surface area contributed by atoms with Gasteiger partial charge in [-0.15, -0.1) is 0 Å². The van der Waals surface area contributed by atoms with Crippen molar-refractivity contribution >= 4 is 11.6 Å². The van der Waals surface area contributed by atoms with Crippen LogP contribution >= 0.6 is 11.6 Å². The van der Waals surface area contributed by atoms with Crippen molar-refractivity contribution < 1.29 is 9.84 Å². The van der Waals surface area contributed by atoms with Crippen molar-refractivity contribution in [2.75, 3.05) is 19.8 Å². The monoisotopic (exact) mass is 228 g/mol. The van der Waals surface area contributed by atoms with Crippen molar-refractivity contribution in [3.63, 3.8) is 0 Å². The van der Waals surface area contributed by atoms with Crippen molar-refractivity contribution in [2.45, 2.75) is 13.3 Å². The number of aliphatic hydroxyl groups excluding tert-OH is 1. The Labute approximate surface area is 95.8 Å². The molecule has 0 aliphatic heterocycles. The number of halogens is 1. The molecule has 2 nitrogen and oxygen atoms in total. The topological polar surface area (TPSA) is 29.5 Å². The van der Waals surface area contributed by atoms with Gasteiger partial charge in [0.05, 0.1) is 6.61 Å². The summed E-state index contributed by atoms with van der Waals surface area (Å²) in [7, 11) is 0. The fourth-order valence-electron chi connectivity index (χ4n) is 1.41. The molecule has 1 rings (SSSR count). The zero-order valence-electron chi connectivity index (χ0n) is 8.95. The smallest absolute Gasteiger partial charge is 0.0519 e. The number of hydrogen-bond acceptors (Lipinski definition) is 2. The van der Waals surface area contributed by atoms with E-state index in [9.17, 15) is 0 Å². The third kappa shape index (κ3) is 4.65. The van der Waals surface area contributed by atoms with E-state index in [1.54, 1.807) is 0 Å². The second kappa shape index (κ2) is 6.83. The van der Waals surface area contributed by atoms with Crippen LogP contribution in [0.15, 0.2) is 24.3 Å². The molecule has 0 bridgehead atoms. The van der Waals surface area contributed by atoms with Crippen LogP contribution in [0.4, 0.5) is 0 Å². The van der Waals surface area contributed by atoms with Crippen LogP contribution in [0.3, 0.4) is 0 Å². The Morgan fingerprint density at radius 1 is 1.33 bits per heavy atom. The molecule has 3 heteroatoms. The number of rotatable bonds is 6. The molecule has 15 heavy (non-hydrogen) atoms. The molecule has 0 amide bonds. The van der Waals surface area contributed by atoms with E-state index in [0.29, 0.717) is 13.2 Å². The Balaban J connectivity index is 2.47. The van der Waals surface area contributed by atoms with Gasteiger partial charge in [0.25, 0.3) is 0 Å². The average Bonchev–Trinajstić information content (AvgIpc) is 2.27. The standard InChI is InChI=1S/C12H17ClO2/c1-2-15-9-11(8-14)7-10-3-5-12(13)6-4-10/h3-6,11,14H,2,7-9H2,1H3. The number of aliphatic hydroxyl groups is 1. The molecule has 1 unspecified atom stereocenters. The SMILES string of the molecule is CCOCC(CO)Cc1ccc(Cl)cc1. The molecule has 0 aliphatic carbocycles. The fraction of sp³-hybridized carbons (Fsp3) is 0.500. The van der Waals surface area contributed by atoms with E-state index < -0.39 is 0 Å². The normalized spacial score (nSPS) is 12.7. The van der Waals surface area contributed by atoms with E-state index in [2.05, 4.69) is 0 Å². The van der Waals surface area contributed by atoms with Gasteiger partial charge in [0.1, 0.15) is 0 Å². The van der Waals surface area contributed by atoms with E-state index >= 15 is 0 Å². The summed E-state index contributed by atoms with van der Waals surface area (Å²) in [5.41, 5.74) is 1.18. The minimum atomic E-state index is 0.155. The zero-order valence-corrected chi connectivity index (χ0v) is 9.70. The molecule has 0 aromatic heterocycles. The highest BCUT2D eigenvalue weighted by Crippen LogP contribution is 2.13. The lowest BCUT2D eigenvalue weighted by atomic mass is 10.0. The summed E-state index contributed by atoms with van der Waals surface area (Å²) in [6, 6.07) is 7.70. The van der Waals surface area contributed by atoms with Gasteiger partial charge in [0, 0.05) is 24.2 Å². The van der Waals surface area contributed by atoms with Gasteiger partial charge in [0.2, 0.25) is 0 Å². The first-order chi connectivity index (χ1) is 7.26. The Kier molecular flexibility index (Phi) is 5.69. The first-order valence-electron chi connectivity index (χ1n) is 5.19. The lowest BCUT2D eigenvalue weighted by Crippen LogP contribution is -2.16. The maximum atomic E-state index is 9.16. The Morgan fingerprint density at radius 2 is 2.00 bits per heavy atom. The minimum Gasteiger partial charge on any atom is -0.396 e. The first kappa shape index (κ1) is 12.5.